The molecule has 0 aliphatic carbocycles. The van der Waals surface area contributed by atoms with Crippen LogP contribution in [-0.2, 0) is 4.79 Å². The van der Waals surface area contributed by atoms with E-state index in [0.29, 0.717) is 30.3 Å². The predicted octanol–water partition coefficient (Wildman–Crippen LogP) is 3.27. The molecule has 0 radical (unpaired) electrons. The van der Waals surface area contributed by atoms with E-state index in [4.69, 9.17) is 9.84 Å². The molecule has 0 fully saturated rings. The molecule has 0 spiro atoms. The molecule has 1 aliphatic heterocycles. The highest BCUT2D eigenvalue weighted by Crippen LogP contribution is 2.42. The quantitative estimate of drug-likeness (QED) is 0.484. The van der Waals surface area contributed by atoms with Gasteiger partial charge in [0.15, 0.2) is 11.5 Å². The largest absolute Gasteiger partial charge is 0.493 e. The summed E-state index contributed by atoms with van der Waals surface area (Å²) in [6, 6.07) is 11.6. The maximum atomic E-state index is 12.7. The Bertz CT molecular complexity index is 1260. The number of amides is 1. The Hall–Kier alpha value is -3.75. The van der Waals surface area contributed by atoms with Crippen LogP contribution in [0.5, 0.6) is 5.75 Å². The summed E-state index contributed by atoms with van der Waals surface area (Å²) in [7, 11) is 0. The van der Waals surface area contributed by atoms with Crippen LogP contribution in [0.25, 0.3) is 11.5 Å². The summed E-state index contributed by atoms with van der Waals surface area (Å²) in [6.45, 7) is 4.74. The molecule has 0 saturated heterocycles. The number of fused-ring (bicyclic) bond motifs is 2. The molecule has 3 aromatic heterocycles. The number of benzene rings is 1. The van der Waals surface area contributed by atoms with Crippen LogP contribution in [-0.4, -0.2) is 42.1 Å². The smallest absolute Gasteiger partial charge is 0.226 e. The highest BCUT2D eigenvalue weighted by Gasteiger charge is 2.34. The van der Waals surface area contributed by atoms with E-state index in [0.717, 1.165) is 35.4 Å². The van der Waals surface area contributed by atoms with Gasteiger partial charge in [0.25, 0.3) is 0 Å². The van der Waals surface area contributed by atoms with Crippen molar-refractivity contribution in [2.45, 2.75) is 39.0 Å². The number of ether oxygens (including phenoxy) is 1. The first-order chi connectivity index (χ1) is 15.2. The van der Waals surface area contributed by atoms with E-state index < -0.39 is 0 Å². The van der Waals surface area contributed by atoms with E-state index in [9.17, 15) is 4.79 Å². The van der Waals surface area contributed by atoms with Crippen LogP contribution in [0, 0.1) is 6.92 Å². The molecule has 1 atom stereocenters. The summed E-state index contributed by atoms with van der Waals surface area (Å²) in [5.74, 6) is 1.83. The second-order valence-electron chi connectivity index (χ2n) is 7.63. The number of hydrogen-bond donors (Lipinski definition) is 1. The molecule has 1 aromatic carbocycles. The maximum Gasteiger partial charge on any atom is 0.226 e. The van der Waals surface area contributed by atoms with Crippen molar-refractivity contribution < 1.29 is 9.53 Å². The van der Waals surface area contributed by atoms with Gasteiger partial charge in [0, 0.05) is 23.5 Å². The minimum atomic E-state index is -0.144. The third-order valence-electron chi connectivity index (χ3n) is 5.52. The number of para-hydroxylation sites is 1. The number of nitrogens with one attached hydrogen (secondary N) is 1. The van der Waals surface area contributed by atoms with Gasteiger partial charge in [0.1, 0.15) is 17.9 Å². The fourth-order valence-electron chi connectivity index (χ4n) is 4.04. The standard InChI is InChI=1S/C22H23N7O2/c1-3-4-11-31-17-8-6-5-7-15(17)16-12-20(30)24-22-21(16)14(2)26-29(22)19-10-9-18-25-23-13-28(18)27-19/h5-10,13,16H,3-4,11-12H2,1-2H3,(H,24,30)/t16-/m1/s1. The minimum Gasteiger partial charge on any atom is -0.493 e. The van der Waals surface area contributed by atoms with Gasteiger partial charge < -0.3 is 10.1 Å². The van der Waals surface area contributed by atoms with Crippen LogP contribution in [0.3, 0.4) is 0 Å². The summed E-state index contributed by atoms with van der Waals surface area (Å²) in [5.41, 5.74) is 3.46. The van der Waals surface area contributed by atoms with Gasteiger partial charge in [0.05, 0.1) is 12.3 Å². The van der Waals surface area contributed by atoms with Gasteiger partial charge in [-0.15, -0.1) is 15.3 Å². The second kappa shape index (κ2) is 7.82. The van der Waals surface area contributed by atoms with Gasteiger partial charge >= 0.3 is 0 Å². The monoisotopic (exact) mass is 417 g/mol. The summed E-state index contributed by atoms with van der Waals surface area (Å²) in [6.07, 6.45) is 3.92. The third-order valence-corrected chi connectivity index (χ3v) is 5.52. The number of aryl methyl sites for hydroxylation is 1. The molecule has 1 aliphatic rings. The Morgan fingerprint density at radius 1 is 1.19 bits per heavy atom. The number of nitrogens with zero attached hydrogens (tertiary/aromatic N) is 6. The van der Waals surface area contributed by atoms with Crippen LogP contribution in [0.1, 0.15) is 48.9 Å². The first-order valence-electron chi connectivity index (χ1n) is 10.4. The van der Waals surface area contributed by atoms with E-state index in [1.165, 1.54) is 6.33 Å². The zero-order valence-electron chi connectivity index (χ0n) is 17.4. The Balaban J connectivity index is 1.60. The SMILES string of the molecule is CCCCOc1ccccc1[C@H]1CC(=O)Nc2c1c(C)nn2-c1ccc2nncn2n1. The molecule has 1 N–H and O–H groups in total. The van der Waals surface area contributed by atoms with Crippen LogP contribution in [0.2, 0.25) is 0 Å². The Labute approximate surface area is 179 Å². The van der Waals surface area contributed by atoms with Crippen molar-refractivity contribution in [3.63, 3.8) is 0 Å². The van der Waals surface area contributed by atoms with Crippen molar-refractivity contribution in [3.8, 4) is 11.6 Å². The molecule has 5 rings (SSSR count). The van der Waals surface area contributed by atoms with Gasteiger partial charge in [-0.1, -0.05) is 31.5 Å². The van der Waals surface area contributed by atoms with Gasteiger partial charge in [-0.3, -0.25) is 4.79 Å². The van der Waals surface area contributed by atoms with E-state index in [1.807, 2.05) is 43.3 Å². The number of aromatic nitrogens is 6. The van der Waals surface area contributed by atoms with E-state index >= 15 is 0 Å². The zero-order chi connectivity index (χ0) is 21.4. The summed E-state index contributed by atoms with van der Waals surface area (Å²) >= 11 is 0. The van der Waals surface area contributed by atoms with Crippen LogP contribution in [0.15, 0.2) is 42.7 Å². The lowest BCUT2D eigenvalue weighted by atomic mass is 9.85. The fraction of sp³-hybridized carbons (Fsp3) is 0.318. The average molecular weight is 417 g/mol. The molecule has 158 valence electrons. The van der Waals surface area contributed by atoms with E-state index in [1.54, 1.807) is 9.20 Å². The lowest BCUT2D eigenvalue weighted by Gasteiger charge is -2.26. The highest BCUT2D eigenvalue weighted by atomic mass is 16.5. The number of rotatable bonds is 6. The lowest BCUT2D eigenvalue weighted by Crippen LogP contribution is -2.25. The summed E-state index contributed by atoms with van der Waals surface area (Å²) in [5, 5.41) is 20.1. The van der Waals surface area contributed by atoms with Crippen molar-refractivity contribution in [3.05, 3.63) is 59.5 Å². The molecule has 9 heteroatoms. The molecule has 0 unspecified atom stereocenters. The number of hydrogen-bond acceptors (Lipinski definition) is 6. The first-order valence-corrected chi connectivity index (χ1v) is 10.4. The lowest BCUT2D eigenvalue weighted by molar-refractivity contribution is -0.116. The third kappa shape index (κ3) is 3.41. The van der Waals surface area contributed by atoms with E-state index in [-0.39, 0.29) is 11.8 Å². The molecule has 1 amide bonds. The maximum absolute atomic E-state index is 12.7. The fourth-order valence-corrected chi connectivity index (χ4v) is 4.04. The number of anilines is 1. The molecule has 0 bridgehead atoms. The van der Waals surface area contributed by atoms with Crippen molar-refractivity contribution >= 4 is 17.4 Å². The van der Waals surface area contributed by atoms with Gasteiger partial charge in [-0.2, -0.15) is 14.3 Å². The normalized spacial score (nSPS) is 15.7. The summed E-state index contributed by atoms with van der Waals surface area (Å²) < 4.78 is 9.32. The number of unbranched alkanes of at least 4 members (excludes halogenated alkanes) is 1. The topological polar surface area (TPSA) is 99.2 Å². The Morgan fingerprint density at radius 3 is 2.94 bits per heavy atom. The second-order valence-corrected chi connectivity index (χ2v) is 7.63. The van der Waals surface area contributed by atoms with Crippen LogP contribution >= 0.6 is 0 Å². The molecule has 4 aromatic rings. The predicted molar refractivity (Wildman–Crippen MR) is 115 cm³/mol. The molecule has 4 heterocycles. The van der Waals surface area contributed by atoms with Crippen molar-refractivity contribution in [2.24, 2.45) is 0 Å². The Kier molecular flexibility index (Phi) is 4.85. The molecular formula is C22H23N7O2. The van der Waals surface area contributed by atoms with Crippen molar-refractivity contribution in [2.75, 3.05) is 11.9 Å². The first kappa shape index (κ1) is 19.2. The molecule has 0 saturated carbocycles. The molecule has 31 heavy (non-hydrogen) atoms. The van der Waals surface area contributed by atoms with Crippen molar-refractivity contribution in [1.29, 1.82) is 0 Å². The highest BCUT2D eigenvalue weighted by molar-refractivity contribution is 5.95. The van der Waals surface area contributed by atoms with Gasteiger partial charge in [-0.05, 0) is 31.5 Å². The van der Waals surface area contributed by atoms with E-state index in [2.05, 4.69) is 27.5 Å². The van der Waals surface area contributed by atoms with Crippen molar-refractivity contribution in [1.82, 2.24) is 29.6 Å². The van der Waals surface area contributed by atoms with Gasteiger partial charge in [-0.25, -0.2) is 0 Å². The molecular weight excluding hydrogens is 394 g/mol. The average Bonchev–Trinajstić information content (AvgIpc) is 3.37. The number of carbonyl (C=O) groups excluding carboxylic acids is 1. The van der Waals surface area contributed by atoms with Crippen LogP contribution in [0.4, 0.5) is 5.82 Å². The van der Waals surface area contributed by atoms with Gasteiger partial charge in [0.2, 0.25) is 5.91 Å². The van der Waals surface area contributed by atoms with Crippen LogP contribution < -0.4 is 10.1 Å². The zero-order valence-corrected chi connectivity index (χ0v) is 17.4. The Morgan fingerprint density at radius 2 is 2.06 bits per heavy atom. The molecule has 9 nitrogen and oxygen atoms in total. The number of carbonyl (C=O) groups is 1. The minimum absolute atomic E-state index is 0.0626. The summed E-state index contributed by atoms with van der Waals surface area (Å²) in [4.78, 5) is 12.7.